The predicted molar refractivity (Wildman–Crippen MR) is 83.5 cm³/mol. The maximum atomic E-state index is 12.3. The van der Waals surface area contributed by atoms with Crippen LogP contribution in [0.3, 0.4) is 0 Å². The Hall–Kier alpha value is -1.92. The molecule has 0 aliphatic heterocycles. The number of thiophene rings is 1. The van der Waals surface area contributed by atoms with E-state index >= 15 is 0 Å². The number of nitrogens with one attached hydrogen (secondary N) is 1. The maximum absolute atomic E-state index is 12.3. The predicted octanol–water partition coefficient (Wildman–Crippen LogP) is 3.95. The van der Waals surface area contributed by atoms with Gasteiger partial charge >= 0.3 is 0 Å². The van der Waals surface area contributed by atoms with Gasteiger partial charge in [-0.2, -0.15) is 5.10 Å². The second kappa shape index (κ2) is 5.60. The van der Waals surface area contributed by atoms with Crippen LogP contribution in [-0.2, 0) is 0 Å². The maximum Gasteiger partial charge on any atom is 0.266 e. The molecule has 0 fully saturated rings. The summed E-state index contributed by atoms with van der Waals surface area (Å²) in [4.78, 5) is 12.9. The lowest BCUT2D eigenvalue weighted by molar-refractivity contribution is 0.103. The van der Waals surface area contributed by atoms with Crippen LogP contribution in [0.1, 0.15) is 9.67 Å². The van der Waals surface area contributed by atoms with Gasteiger partial charge in [-0.25, -0.2) is 4.68 Å². The lowest BCUT2D eigenvalue weighted by Gasteiger charge is -2.10. The van der Waals surface area contributed by atoms with Gasteiger partial charge in [0, 0.05) is 16.9 Å². The van der Waals surface area contributed by atoms with Gasteiger partial charge in [-0.1, -0.05) is 12.1 Å². The van der Waals surface area contributed by atoms with Crippen LogP contribution >= 0.6 is 27.3 Å². The fourth-order valence-electron chi connectivity index (χ4n) is 1.83. The third kappa shape index (κ3) is 2.52. The molecule has 4 nitrogen and oxygen atoms in total. The summed E-state index contributed by atoms with van der Waals surface area (Å²) in [6, 6.07) is 11.3. The summed E-state index contributed by atoms with van der Waals surface area (Å²) in [5.41, 5.74) is 1.56. The molecule has 0 atom stereocenters. The van der Waals surface area contributed by atoms with E-state index in [1.54, 1.807) is 10.9 Å². The van der Waals surface area contributed by atoms with Crippen LogP contribution < -0.4 is 5.32 Å². The summed E-state index contributed by atoms with van der Waals surface area (Å²) in [6.45, 7) is 0. The van der Waals surface area contributed by atoms with Crippen molar-refractivity contribution < 1.29 is 4.79 Å². The molecule has 0 unspecified atom stereocenters. The molecule has 1 amide bonds. The van der Waals surface area contributed by atoms with Crippen LogP contribution in [0.25, 0.3) is 5.69 Å². The minimum atomic E-state index is -0.133. The Morgan fingerprint density at radius 2 is 2.10 bits per heavy atom. The number of para-hydroxylation sites is 2. The summed E-state index contributed by atoms with van der Waals surface area (Å²) in [5.74, 6) is -0.133. The first-order chi connectivity index (χ1) is 9.75. The molecule has 2 aromatic heterocycles. The summed E-state index contributed by atoms with van der Waals surface area (Å²) in [5, 5.41) is 8.99. The van der Waals surface area contributed by atoms with Crippen molar-refractivity contribution in [3.05, 3.63) is 63.5 Å². The molecule has 1 aromatic carbocycles. The Balaban J connectivity index is 1.92. The number of carbonyl (C=O) groups is 1. The molecule has 3 rings (SSSR count). The van der Waals surface area contributed by atoms with E-state index in [4.69, 9.17) is 0 Å². The van der Waals surface area contributed by atoms with E-state index in [2.05, 4.69) is 26.3 Å². The molecular weight excluding hydrogens is 338 g/mol. The van der Waals surface area contributed by atoms with Crippen LogP contribution in [0.5, 0.6) is 0 Å². The van der Waals surface area contributed by atoms with Crippen LogP contribution in [-0.4, -0.2) is 15.7 Å². The summed E-state index contributed by atoms with van der Waals surface area (Å²) in [6.07, 6.45) is 3.54. The van der Waals surface area contributed by atoms with Gasteiger partial charge in [0.05, 0.1) is 11.4 Å². The van der Waals surface area contributed by atoms with Crippen molar-refractivity contribution in [1.29, 1.82) is 0 Å². The zero-order valence-corrected chi connectivity index (χ0v) is 12.7. The van der Waals surface area contributed by atoms with E-state index in [9.17, 15) is 4.79 Å². The average Bonchev–Trinajstić information content (AvgIpc) is 3.10. The van der Waals surface area contributed by atoms with Gasteiger partial charge in [-0.05, 0) is 45.6 Å². The first-order valence-corrected chi connectivity index (χ1v) is 7.56. The lowest BCUT2D eigenvalue weighted by atomic mass is 10.2. The Morgan fingerprint density at radius 1 is 1.25 bits per heavy atom. The zero-order chi connectivity index (χ0) is 13.9. The molecule has 0 aliphatic rings. The number of hydrogen-bond acceptors (Lipinski definition) is 3. The van der Waals surface area contributed by atoms with Crippen molar-refractivity contribution in [1.82, 2.24) is 9.78 Å². The van der Waals surface area contributed by atoms with Crippen LogP contribution in [0, 0.1) is 0 Å². The molecule has 0 radical (unpaired) electrons. The second-order valence-corrected chi connectivity index (χ2v) is 5.79. The quantitative estimate of drug-likeness (QED) is 0.779. The zero-order valence-electron chi connectivity index (χ0n) is 10.3. The molecular formula is C14H10BrN3OS. The molecule has 0 spiro atoms. The van der Waals surface area contributed by atoms with E-state index in [1.165, 1.54) is 11.3 Å². The highest BCUT2D eigenvalue weighted by Gasteiger charge is 2.13. The van der Waals surface area contributed by atoms with Crippen LogP contribution in [0.2, 0.25) is 0 Å². The number of amides is 1. The molecule has 3 aromatic rings. The average molecular weight is 348 g/mol. The number of nitrogens with zero attached hydrogens (tertiary/aromatic N) is 2. The minimum absolute atomic E-state index is 0.133. The molecule has 0 aliphatic carbocycles. The molecule has 0 saturated heterocycles. The van der Waals surface area contributed by atoms with E-state index < -0.39 is 0 Å². The Kier molecular flexibility index (Phi) is 3.66. The van der Waals surface area contributed by atoms with Crippen LogP contribution in [0.15, 0.2) is 58.6 Å². The number of benzene rings is 1. The van der Waals surface area contributed by atoms with Gasteiger partial charge in [-0.3, -0.25) is 4.79 Å². The van der Waals surface area contributed by atoms with Crippen molar-refractivity contribution in [3.63, 3.8) is 0 Å². The smallest absolute Gasteiger partial charge is 0.266 e. The number of carbonyl (C=O) groups excluding carboxylic acids is 1. The van der Waals surface area contributed by atoms with Crippen molar-refractivity contribution in [2.75, 3.05) is 5.32 Å². The van der Waals surface area contributed by atoms with Crippen molar-refractivity contribution in [3.8, 4) is 5.69 Å². The van der Waals surface area contributed by atoms with Gasteiger partial charge in [0.1, 0.15) is 4.88 Å². The fraction of sp³-hybridized carbons (Fsp3) is 0. The monoisotopic (exact) mass is 347 g/mol. The lowest BCUT2D eigenvalue weighted by Crippen LogP contribution is -2.13. The highest BCUT2D eigenvalue weighted by Crippen LogP contribution is 2.25. The molecule has 100 valence electrons. The molecule has 2 heterocycles. The largest absolute Gasteiger partial charge is 0.319 e. The molecule has 1 N–H and O–H groups in total. The summed E-state index contributed by atoms with van der Waals surface area (Å²) < 4.78 is 2.52. The van der Waals surface area contributed by atoms with Crippen molar-refractivity contribution in [2.24, 2.45) is 0 Å². The topological polar surface area (TPSA) is 46.9 Å². The fourth-order valence-corrected chi connectivity index (χ4v) is 3.27. The van der Waals surface area contributed by atoms with Crippen LogP contribution in [0.4, 0.5) is 5.69 Å². The van der Waals surface area contributed by atoms with Gasteiger partial charge in [0.2, 0.25) is 0 Å². The standard InChI is InChI=1S/C14H10BrN3OS/c15-10-6-9-20-13(10)14(19)17-11-4-1-2-5-12(11)18-8-3-7-16-18/h1-9H,(H,17,19). The second-order valence-electron chi connectivity index (χ2n) is 4.02. The molecule has 6 heteroatoms. The van der Waals surface area contributed by atoms with Crippen molar-refractivity contribution in [2.45, 2.75) is 0 Å². The van der Waals surface area contributed by atoms with Gasteiger partial charge in [0.25, 0.3) is 5.91 Å². The molecule has 20 heavy (non-hydrogen) atoms. The first-order valence-electron chi connectivity index (χ1n) is 5.89. The highest BCUT2D eigenvalue weighted by atomic mass is 79.9. The van der Waals surface area contributed by atoms with E-state index in [0.717, 1.165) is 15.8 Å². The number of rotatable bonds is 3. The Bertz CT molecular complexity index is 736. The first kappa shape index (κ1) is 13.1. The van der Waals surface area contributed by atoms with E-state index in [-0.39, 0.29) is 5.91 Å². The van der Waals surface area contributed by atoms with E-state index in [0.29, 0.717) is 4.88 Å². The number of halogens is 1. The van der Waals surface area contributed by atoms with Gasteiger partial charge < -0.3 is 5.32 Å². The number of aromatic nitrogens is 2. The van der Waals surface area contributed by atoms with E-state index in [1.807, 2.05) is 48.0 Å². The number of hydrogen-bond donors (Lipinski definition) is 1. The SMILES string of the molecule is O=C(Nc1ccccc1-n1cccn1)c1sccc1Br. The van der Waals surface area contributed by atoms with Gasteiger partial charge in [-0.15, -0.1) is 11.3 Å². The molecule has 0 bridgehead atoms. The summed E-state index contributed by atoms with van der Waals surface area (Å²) >= 11 is 4.77. The highest BCUT2D eigenvalue weighted by molar-refractivity contribution is 9.10. The van der Waals surface area contributed by atoms with Crippen molar-refractivity contribution >= 4 is 38.9 Å². The third-order valence-corrected chi connectivity index (χ3v) is 4.56. The normalized spacial score (nSPS) is 10.4. The van der Waals surface area contributed by atoms with Gasteiger partial charge in [0.15, 0.2) is 0 Å². The number of anilines is 1. The third-order valence-electron chi connectivity index (χ3n) is 2.73. The Labute approximate surface area is 128 Å². The minimum Gasteiger partial charge on any atom is -0.319 e. The Morgan fingerprint density at radius 3 is 2.80 bits per heavy atom. The molecule has 0 saturated carbocycles. The summed E-state index contributed by atoms with van der Waals surface area (Å²) in [7, 11) is 0.